The van der Waals surface area contributed by atoms with Crippen LogP contribution in [0.15, 0.2) is 51.7 Å². The number of anilines is 1. The number of rotatable bonds is 3. The van der Waals surface area contributed by atoms with Gasteiger partial charge in [0, 0.05) is 20.4 Å². The first-order chi connectivity index (χ1) is 11.6. The minimum Gasteiger partial charge on any atom is -0.383 e. The van der Waals surface area contributed by atoms with E-state index >= 15 is 0 Å². The van der Waals surface area contributed by atoms with E-state index in [1.54, 1.807) is 12.1 Å². The Bertz CT molecular complexity index is 985. The van der Waals surface area contributed by atoms with Crippen molar-refractivity contribution in [2.24, 2.45) is 0 Å². The third-order valence-corrected chi connectivity index (χ3v) is 5.29. The van der Waals surface area contributed by atoms with Gasteiger partial charge in [0.25, 0.3) is 0 Å². The molecule has 2 aromatic heterocycles. The van der Waals surface area contributed by atoms with Crippen LogP contribution in [-0.2, 0) is 0 Å². The zero-order valence-corrected chi connectivity index (χ0v) is 14.5. The topological polar surface area (TPSA) is 86.5 Å². The highest BCUT2D eigenvalue weighted by Gasteiger charge is 2.21. The lowest BCUT2D eigenvalue weighted by molar-refractivity contribution is 1.11. The van der Waals surface area contributed by atoms with Crippen LogP contribution in [0.25, 0.3) is 10.4 Å². The lowest BCUT2D eigenvalue weighted by Gasteiger charge is -2.11. The summed E-state index contributed by atoms with van der Waals surface area (Å²) in [6.07, 6.45) is 0. The zero-order chi connectivity index (χ0) is 17.1. The van der Waals surface area contributed by atoms with Crippen LogP contribution in [0.5, 0.6) is 0 Å². The maximum Gasteiger partial charge on any atom is 0.143 e. The van der Waals surface area contributed by atoms with Gasteiger partial charge in [-0.1, -0.05) is 35.5 Å². The van der Waals surface area contributed by atoms with Crippen molar-refractivity contribution >= 4 is 40.5 Å². The van der Waals surface area contributed by atoms with Crippen molar-refractivity contribution in [1.82, 2.24) is 4.98 Å². The van der Waals surface area contributed by atoms with E-state index in [1.165, 1.54) is 23.1 Å². The normalized spacial score (nSPS) is 10.1. The van der Waals surface area contributed by atoms with Crippen molar-refractivity contribution in [3.63, 3.8) is 0 Å². The molecule has 0 bridgehead atoms. The van der Waals surface area contributed by atoms with Crippen molar-refractivity contribution in [2.75, 3.05) is 5.73 Å². The Morgan fingerprint density at radius 2 is 1.92 bits per heavy atom. The molecule has 3 rings (SSSR count). The number of nitriles is 2. The van der Waals surface area contributed by atoms with Crippen LogP contribution in [0.1, 0.15) is 11.1 Å². The number of pyridine rings is 1. The van der Waals surface area contributed by atoms with Gasteiger partial charge >= 0.3 is 0 Å². The van der Waals surface area contributed by atoms with Gasteiger partial charge in [0.1, 0.15) is 28.5 Å². The van der Waals surface area contributed by atoms with Crippen LogP contribution >= 0.6 is 34.7 Å². The molecule has 2 heterocycles. The van der Waals surface area contributed by atoms with Crippen LogP contribution < -0.4 is 5.73 Å². The van der Waals surface area contributed by atoms with Crippen LogP contribution in [0.2, 0.25) is 5.02 Å². The Morgan fingerprint density at radius 1 is 1.12 bits per heavy atom. The number of hydrogen-bond acceptors (Lipinski definition) is 6. The average molecular weight is 369 g/mol. The molecule has 0 saturated carbocycles. The van der Waals surface area contributed by atoms with E-state index in [4.69, 9.17) is 17.3 Å². The Balaban J connectivity index is 2.21. The van der Waals surface area contributed by atoms with E-state index in [2.05, 4.69) is 17.1 Å². The first-order valence-electron chi connectivity index (χ1n) is 6.75. The lowest BCUT2D eigenvalue weighted by atomic mass is 10.0. The van der Waals surface area contributed by atoms with Crippen LogP contribution in [-0.4, -0.2) is 4.98 Å². The predicted octanol–water partition coefficient (Wildman–Crippen LogP) is 4.94. The highest BCUT2D eigenvalue weighted by atomic mass is 35.5. The molecule has 3 aromatic rings. The van der Waals surface area contributed by atoms with Gasteiger partial charge < -0.3 is 5.73 Å². The number of nitrogens with zero attached hydrogens (tertiary/aromatic N) is 3. The summed E-state index contributed by atoms with van der Waals surface area (Å²) in [5, 5.41) is 22.0. The molecule has 116 valence electrons. The van der Waals surface area contributed by atoms with Crippen molar-refractivity contribution in [3.05, 3.63) is 57.9 Å². The standard InChI is InChI=1S/C17H9ClN4S2/c18-10-3-1-4-11(7-10)24-17-13(9-20)15(14-5-2-6-23-14)12(8-19)16(21)22-17/h1-7H,(H2,21,22). The second-order valence-electron chi connectivity index (χ2n) is 4.69. The zero-order valence-electron chi connectivity index (χ0n) is 12.2. The molecule has 0 aliphatic rings. The second-order valence-corrected chi connectivity index (χ2v) is 7.13. The van der Waals surface area contributed by atoms with Gasteiger partial charge in [-0.2, -0.15) is 10.5 Å². The summed E-state index contributed by atoms with van der Waals surface area (Å²) in [6, 6.07) is 15.2. The molecular weight excluding hydrogens is 360 g/mol. The molecule has 24 heavy (non-hydrogen) atoms. The highest BCUT2D eigenvalue weighted by Crippen LogP contribution is 2.39. The van der Waals surface area contributed by atoms with Crippen molar-refractivity contribution < 1.29 is 0 Å². The second kappa shape index (κ2) is 6.94. The number of hydrogen-bond donors (Lipinski definition) is 1. The molecule has 0 amide bonds. The quantitative estimate of drug-likeness (QED) is 0.707. The van der Waals surface area contributed by atoms with E-state index < -0.39 is 0 Å². The summed E-state index contributed by atoms with van der Waals surface area (Å²) in [7, 11) is 0. The SMILES string of the molecule is N#Cc1c(N)nc(Sc2cccc(Cl)c2)c(C#N)c1-c1cccs1. The summed E-state index contributed by atoms with van der Waals surface area (Å²) >= 11 is 8.75. The molecule has 0 spiro atoms. The monoisotopic (exact) mass is 368 g/mol. The maximum atomic E-state index is 9.67. The van der Waals surface area contributed by atoms with Crippen LogP contribution in [0.3, 0.4) is 0 Å². The molecule has 0 atom stereocenters. The number of nitrogens with two attached hydrogens (primary N) is 1. The molecule has 2 N–H and O–H groups in total. The van der Waals surface area contributed by atoms with Gasteiger partial charge in [-0.15, -0.1) is 11.3 Å². The Hall–Kier alpha value is -2.51. The molecule has 7 heteroatoms. The fourth-order valence-electron chi connectivity index (χ4n) is 2.18. The molecule has 0 unspecified atom stereocenters. The number of aromatic nitrogens is 1. The van der Waals surface area contributed by atoms with E-state index in [0.29, 0.717) is 21.2 Å². The van der Waals surface area contributed by atoms with Crippen molar-refractivity contribution in [2.45, 2.75) is 9.92 Å². The molecule has 0 aliphatic heterocycles. The van der Waals surface area contributed by atoms with E-state index in [9.17, 15) is 10.5 Å². The van der Waals surface area contributed by atoms with Gasteiger partial charge in [0.2, 0.25) is 0 Å². The smallest absolute Gasteiger partial charge is 0.143 e. The van der Waals surface area contributed by atoms with Gasteiger partial charge in [0.05, 0.1) is 5.56 Å². The Morgan fingerprint density at radius 3 is 2.54 bits per heavy atom. The van der Waals surface area contributed by atoms with E-state index in [-0.39, 0.29) is 11.4 Å². The lowest BCUT2D eigenvalue weighted by Crippen LogP contribution is -2.02. The largest absolute Gasteiger partial charge is 0.383 e. The predicted molar refractivity (Wildman–Crippen MR) is 97.0 cm³/mol. The average Bonchev–Trinajstić information content (AvgIpc) is 3.08. The molecule has 4 nitrogen and oxygen atoms in total. The van der Waals surface area contributed by atoms with E-state index in [0.717, 1.165) is 9.77 Å². The van der Waals surface area contributed by atoms with Crippen LogP contribution in [0, 0.1) is 22.7 Å². The van der Waals surface area contributed by atoms with Gasteiger partial charge in [-0.3, -0.25) is 0 Å². The Kier molecular flexibility index (Phi) is 4.73. The van der Waals surface area contributed by atoms with Gasteiger partial charge in [0.15, 0.2) is 0 Å². The van der Waals surface area contributed by atoms with E-state index in [1.807, 2.05) is 29.6 Å². The number of benzene rings is 1. The summed E-state index contributed by atoms with van der Waals surface area (Å²) in [6.45, 7) is 0. The summed E-state index contributed by atoms with van der Waals surface area (Å²) in [5.41, 5.74) is 7.07. The minimum absolute atomic E-state index is 0.115. The summed E-state index contributed by atoms with van der Waals surface area (Å²) in [5.74, 6) is 0.115. The molecule has 0 aliphatic carbocycles. The minimum atomic E-state index is 0.115. The molecule has 0 saturated heterocycles. The summed E-state index contributed by atoms with van der Waals surface area (Å²) < 4.78 is 0. The Labute approximate surface area is 152 Å². The maximum absolute atomic E-state index is 9.67. The summed E-state index contributed by atoms with van der Waals surface area (Å²) in [4.78, 5) is 5.92. The third kappa shape index (κ3) is 3.08. The third-order valence-electron chi connectivity index (χ3n) is 3.19. The molecule has 0 radical (unpaired) electrons. The fourth-order valence-corrected chi connectivity index (χ4v) is 4.17. The molecule has 1 aromatic carbocycles. The number of halogens is 1. The van der Waals surface area contributed by atoms with Gasteiger partial charge in [-0.05, 0) is 29.6 Å². The molecular formula is C17H9ClN4S2. The van der Waals surface area contributed by atoms with Gasteiger partial charge in [-0.25, -0.2) is 4.98 Å². The highest BCUT2D eigenvalue weighted by molar-refractivity contribution is 7.99. The van der Waals surface area contributed by atoms with Crippen LogP contribution in [0.4, 0.5) is 5.82 Å². The molecule has 0 fully saturated rings. The van der Waals surface area contributed by atoms with Crippen molar-refractivity contribution in [3.8, 4) is 22.6 Å². The number of nitrogen functional groups attached to an aromatic ring is 1. The first-order valence-corrected chi connectivity index (χ1v) is 8.82. The fraction of sp³-hybridized carbons (Fsp3) is 0. The first kappa shape index (κ1) is 16.4. The van der Waals surface area contributed by atoms with Crippen molar-refractivity contribution in [1.29, 1.82) is 10.5 Å². The number of thiophene rings is 1.